The van der Waals surface area contributed by atoms with E-state index in [-0.39, 0.29) is 0 Å². The Hall–Kier alpha value is -1.55. The summed E-state index contributed by atoms with van der Waals surface area (Å²) in [4.78, 5) is 4.37. The fraction of sp³-hybridized carbons (Fsp3) is 0.250. The van der Waals surface area contributed by atoms with Gasteiger partial charge < -0.3 is 10.5 Å². The van der Waals surface area contributed by atoms with E-state index in [0.717, 1.165) is 22.9 Å². The molecule has 0 aliphatic heterocycles. The quantitative estimate of drug-likeness (QED) is 0.827. The Morgan fingerprint density at radius 1 is 1.38 bits per heavy atom. The van der Waals surface area contributed by atoms with Crippen LogP contribution in [0.4, 0.5) is 5.69 Å². The maximum Gasteiger partial charge on any atom is 0.142 e. The number of benzene rings is 1. The summed E-state index contributed by atoms with van der Waals surface area (Å²) >= 11 is 1.66. The summed E-state index contributed by atoms with van der Waals surface area (Å²) in [5.41, 5.74) is 7.52. The van der Waals surface area contributed by atoms with E-state index in [2.05, 4.69) is 10.4 Å². The van der Waals surface area contributed by atoms with E-state index in [4.69, 9.17) is 10.5 Å². The lowest BCUT2D eigenvalue weighted by atomic mass is 10.3. The van der Waals surface area contributed by atoms with Gasteiger partial charge in [-0.1, -0.05) is 12.1 Å². The van der Waals surface area contributed by atoms with Gasteiger partial charge in [-0.05, 0) is 19.1 Å². The average Bonchev–Trinajstić information content (AvgIpc) is 2.67. The number of hydrogen-bond acceptors (Lipinski definition) is 4. The molecule has 0 saturated carbocycles. The zero-order valence-electron chi connectivity index (χ0n) is 9.14. The third-order valence-corrected chi connectivity index (χ3v) is 3.02. The van der Waals surface area contributed by atoms with Crippen molar-refractivity contribution >= 4 is 17.0 Å². The second-order valence-corrected chi connectivity index (χ2v) is 4.56. The van der Waals surface area contributed by atoms with Crippen LogP contribution in [0.1, 0.15) is 10.7 Å². The molecule has 0 amide bonds. The Bertz CT molecular complexity index is 468. The van der Waals surface area contributed by atoms with Crippen LogP contribution in [-0.2, 0) is 6.42 Å². The highest BCUT2D eigenvalue weighted by Gasteiger charge is 2.01. The number of rotatable bonds is 4. The molecule has 0 unspecified atom stereocenters. The summed E-state index contributed by atoms with van der Waals surface area (Å²) in [6.45, 7) is 2.61. The molecular weight excluding hydrogens is 220 g/mol. The summed E-state index contributed by atoms with van der Waals surface area (Å²) < 4.78 is 5.59. The number of aromatic nitrogens is 1. The van der Waals surface area contributed by atoms with Crippen LogP contribution in [0.5, 0.6) is 5.75 Å². The van der Waals surface area contributed by atoms with E-state index >= 15 is 0 Å². The standard InChI is InChI=1S/C12H14N2OS/c1-9-14-10(8-16-9)6-7-15-12-5-3-2-4-11(12)13/h2-5,8H,6-7,13H2,1H3. The summed E-state index contributed by atoms with van der Waals surface area (Å²) in [6.07, 6.45) is 0.818. The summed E-state index contributed by atoms with van der Waals surface area (Å²) in [5, 5.41) is 3.15. The minimum Gasteiger partial charge on any atom is -0.491 e. The molecule has 16 heavy (non-hydrogen) atoms. The van der Waals surface area contributed by atoms with Gasteiger partial charge in [0.05, 0.1) is 23.0 Å². The molecule has 0 atom stereocenters. The molecule has 0 bridgehead atoms. The van der Waals surface area contributed by atoms with Crippen LogP contribution in [-0.4, -0.2) is 11.6 Å². The molecule has 1 heterocycles. The van der Waals surface area contributed by atoms with E-state index in [9.17, 15) is 0 Å². The first-order valence-corrected chi connectivity index (χ1v) is 6.02. The Balaban J connectivity index is 1.87. The summed E-state index contributed by atoms with van der Waals surface area (Å²) in [6, 6.07) is 7.52. The molecule has 3 nitrogen and oxygen atoms in total. The van der Waals surface area contributed by atoms with Gasteiger partial charge in [0.25, 0.3) is 0 Å². The predicted molar refractivity (Wildman–Crippen MR) is 66.9 cm³/mol. The molecule has 84 valence electrons. The Labute approximate surface area is 98.9 Å². The molecule has 0 radical (unpaired) electrons. The highest BCUT2D eigenvalue weighted by molar-refractivity contribution is 7.09. The fourth-order valence-corrected chi connectivity index (χ4v) is 2.05. The van der Waals surface area contributed by atoms with Crippen molar-refractivity contribution < 1.29 is 4.74 Å². The molecule has 4 heteroatoms. The van der Waals surface area contributed by atoms with Gasteiger partial charge >= 0.3 is 0 Å². The maximum absolute atomic E-state index is 5.77. The second kappa shape index (κ2) is 4.99. The van der Waals surface area contributed by atoms with Crippen molar-refractivity contribution in [1.29, 1.82) is 0 Å². The van der Waals surface area contributed by atoms with Gasteiger partial charge in [-0.25, -0.2) is 4.98 Å². The van der Waals surface area contributed by atoms with Gasteiger partial charge in [-0.15, -0.1) is 11.3 Å². The second-order valence-electron chi connectivity index (χ2n) is 3.49. The average molecular weight is 234 g/mol. The number of nitrogens with two attached hydrogens (primary N) is 1. The lowest BCUT2D eigenvalue weighted by Gasteiger charge is -2.07. The number of thiazole rings is 1. The number of nitrogen functional groups attached to an aromatic ring is 1. The van der Waals surface area contributed by atoms with Gasteiger partial charge in [-0.2, -0.15) is 0 Å². The van der Waals surface area contributed by atoms with Gasteiger partial charge in [0.1, 0.15) is 5.75 Å². The van der Waals surface area contributed by atoms with Crippen molar-refractivity contribution in [3.63, 3.8) is 0 Å². The van der Waals surface area contributed by atoms with E-state index in [1.807, 2.05) is 31.2 Å². The number of ether oxygens (including phenoxy) is 1. The predicted octanol–water partition coefficient (Wildman–Crippen LogP) is 2.66. The van der Waals surface area contributed by atoms with E-state index < -0.39 is 0 Å². The molecular formula is C12H14N2OS. The van der Waals surface area contributed by atoms with Crippen LogP contribution in [0, 0.1) is 6.92 Å². The zero-order chi connectivity index (χ0) is 11.4. The number of nitrogens with zero attached hydrogens (tertiary/aromatic N) is 1. The van der Waals surface area contributed by atoms with E-state index in [1.54, 1.807) is 11.3 Å². The Morgan fingerprint density at radius 3 is 2.88 bits per heavy atom. The van der Waals surface area contributed by atoms with Gasteiger partial charge in [0.15, 0.2) is 0 Å². The summed E-state index contributed by atoms with van der Waals surface area (Å²) in [5.74, 6) is 0.745. The molecule has 2 rings (SSSR count). The zero-order valence-corrected chi connectivity index (χ0v) is 9.96. The van der Waals surface area contributed by atoms with E-state index in [1.165, 1.54) is 0 Å². The first kappa shape index (κ1) is 11.0. The van der Waals surface area contributed by atoms with Crippen molar-refractivity contribution in [3.8, 4) is 5.75 Å². The molecule has 0 aliphatic rings. The van der Waals surface area contributed by atoms with Crippen LogP contribution < -0.4 is 10.5 Å². The number of para-hydroxylation sites is 2. The normalized spacial score (nSPS) is 10.3. The number of anilines is 1. The number of aryl methyl sites for hydroxylation is 1. The molecule has 2 aromatic rings. The largest absolute Gasteiger partial charge is 0.491 e. The molecule has 1 aromatic carbocycles. The fourth-order valence-electron chi connectivity index (χ4n) is 1.40. The lowest BCUT2D eigenvalue weighted by Crippen LogP contribution is -2.03. The SMILES string of the molecule is Cc1nc(CCOc2ccccc2N)cs1. The van der Waals surface area contributed by atoms with Crippen LogP contribution in [0.15, 0.2) is 29.6 Å². The third-order valence-electron chi connectivity index (χ3n) is 2.20. The molecule has 1 aromatic heterocycles. The minimum atomic E-state index is 0.609. The number of hydrogen-bond donors (Lipinski definition) is 1. The van der Waals surface area contributed by atoms with E-state index in [0.29, 0.717) is 12.3 Å². The minimum absolute atomic E-state index is 0.609. The maximum atomic E-state index is 5.77. The molecule has 0 spiro atoms. The molecule has 0 saturated heterocycles. The molecule has 0 fully saturated rings. The van der Waals surface area contributed by atoms with Crippen molar-refractivity contribution in [2.24, 2.45) is 0 Å². The van der Waals surface area contributed by atoms with Gasteiger partial charge in [0, 0.05) is 11.8 Å². The van der Waals surface area contributed by atoms with Gasteiger partial charge in [0.2, 0.25) is 0 Å². The smallest absolute Gasteiger partial charge is 0.142 e. The molecule has 2 N–H and O–H groups in total. The highest BCUT2D eigenvalue weighted by Crippen LogP contribution is 2.20. The van der Waals surface area contributed by atoms with Gasteiger partial charge in [-0.3, -0.25) is 0 Å². The molecule has 0 aliphatic carbocycles. The van der Waals surface area contributed by atoms with Crippen molar-refractivity contribution in [2.75, 3.05) is 12.3 Å². The first-order chi connectivity index (χ1) is 7.75. The van der Waals surface area contributed by atoms with Crippen LogP contribution >= 0.6 is 11.3 Å². The van der Waals surface area contributed by atoms with Crippen molar-refractivity contribution in [2.45, 2.75) is 13.3 Å². The lowest BCUT2D eigenvalue weighted by molar-refractivity contribution is 0.322. The monoisotopic (exact) mass is 234 g/mol. The topological polar surface area (TPSA) is 48.1 Å². The highest BCUT2D eigenvalue weighted by atomic mass is 32.1. The van der Waals surface area contributed by atoms with Crippen LogP contribution in [0.25, 0.3) is 0 Å². The Morgan fingerprint density at radius 2 is 2.19 bits per heavy atom. The Kier molecular flexibility index (Phi) is 3.41. The first-order valence-electron chi connectivity index (χ1n) is 5.14. The third kappa shape index (κ3) is 2.73. The summed E-state index contributed by atoms with van der Waals surface area (Å²) in [7, 11) is 0. The van der Waals surface area contributed by atoms with Crippen molar-refractivity contribution in [1.82, 2.24) is 4.98 Å². The van der Waals surface area contributed by atoms with Crippen LogP contribution in [0.3, 0.4) is 0 Å². The van der Waals surface area contributed by atoms with Crippen molar-refractivity contribution in [3.05, 3.63) is 40.3 Å². The van der Waals surface area contributed by atoms with Crippen LogP contribution in [0.2, 0.25) is 0 Å².